The van der Waals surface area contributed by atoms with E-state index in [4.69, 9.17) is 4.98 Å². The number of hydrogen-bond donors (Lipinski definition) is 0. The summed E-state index contributed by atoms with van der Waals surface area (Å²) in [6.07, 6.45) is 2.04. The number of benzene rings is 8. The average Bonchev–Trinajstić information content (AvgIpc) is 3.77. The number of nitrogens with zero attached hydrogens (tertiary/aromatic N) is 3. The second kappa shape index (κ2) is 12.2. The van der Waals surface area contributed by atoms with Crippen molar-refractivity contribution in [1.82, 2.24) is 14.1 Å². The van der Waals surface area contributed by atoms with Gasteiger partial charge in [0, 0.05) is 38.3 Å². The molecule has 0 unspecified atom stereocenters. The first-order valence-electron chi connectivity index (χ1n) is 18.5. The summed E-state index contributed by atoms with van der Waals surface area (Å²) in [5.74, 6) is 0. The number of fused-ring (bicyclic) bond motifs is 8. The van der Waals surface area contributed by atoms with E-state index in [-0.39, 0.29) is 0 Å². The molecule has 0 fully saturated rings. The molecule has 0 aliphatic heterocycles. The molecule has 0 spiro atoms. The standard InChI is InChI=1S/C51H33N3/c1-3-11-34(12-4-1)36-19-25-40(26-20-36)53-47-18-10-8-15-42(47)44-31-38(23-29-48(44)53)39-24-30-49-45(32-39)51-43-16-7-9-17-46(43)52-33-50(51)54(49)41-27-21-37(22-28-41)35-13-5-2-6-14-35/h1-33H. The van der Waals surface area contributed by atoms with Gasteiger partial charge in [0.15, 0.2) is 0 Å². The van der Waals surface area contributed by atoms with E-state index in [1.807, 2.05) is 6.20 Å². The van der Waals surface area contributed by atoms with E-state index < -0.39 is 0 Å². The molecule has 11 aromatic rings. The predicted molar refractivity (Wildman–Crippen MR) is 227 cm³/mol. The molecule has 0 bridgehead atoms. The molecule has 3 heterocycles. The molecule has 0 N–H and O–H groups in total. The molecule has 0 saturated heterocycles. The minimum Gasteiger partial charge on any atom is -0.309 e. The van der Waals surface area contributed by atoms with Crippen molar-refractivity contribution in [2.75, 3.05) is 0 Å². The lowest BCUT2D eigenvalue weighted by molar-refractivity contribution is 1.17. The maximum Gasteiger partial charge on any atom is 0.0730 e. The van der Waals surface area contributed by atoms with Crippen LogP contribution in [0.5, 0.6) is 0 Å². The third-order valence-corrected chi connectivity index (χ3v) is 11.0. The summed E-state index contributed by atoms with van der Waals surface area (Å²) in [4.78, 5) is 4.92. The zero-order chi connectivity index (χ0) is 35.6. The van der Waals surface area contributed by atoms with Crippen molar-refractivity contribution in [1.29, 1.82) is 0 Å². The molecule has 3 nitrogen and oxygen atoms in total. The maximum absolute atomic E-state index is 4.92. The van der Waals surface area contributed by atoms with E-state index in [1.165, 1.54) is 66.0 Å². The Morgan fingerprint density at radius 2 is 0.741 bits per heavy atom. The lowest BCUT2D eigenvalue weighted by Gasteiger charge is -2.10. The Labute approximate surface area is 312 Å². The number of para-hydroxylation sites is 2. The second-order valence-electron chi connectivity index (χ2n) is 14.0. The first kappa shape index (κ1) is 30.4. The van der Waals surface area contributed by atoms with Crippen LogP contribution in [0.25, 0.3) is 99.3 Å². The Balaban J connectivity index is 1.07. The summed E-state index contributed by atoms with van der Waals surface area (Å²) in [7, 11) is 0. The summed E-state index contributed by atoms with van der Waals surface area (Å²) >= 11 is 0. The van der Waals surface area contributed by atoms with Crippen molar-refractivity contribution in [3.63, 3.8) is 0 Å². The first-order chi connectivity index (χ1) is 26.8. The van der Waals surface area contributed by atoms with Crippen molar-refractivity contribution >= 4 is 54.5 Å². The minimum absolute atomic E-state index is 1.000. The van der Waals surface area contributed by atoms with Crippen molar-refractivity contribution in [2.45, 2.75) is 0 Å². The van der Waals surface area contributed by atoms with Gasteiger partial charge in [0.2, 0.25) is 0 Å². The summed E-state index contributed by atoms with van der Waals surface area (Å²) in [5.41, 5.74) is 15.2. The largest absolute Gasteiger partial charge is 0.309 e. The highest BCUT2D eigenvalue weighted by Crippen LogP contribution is 2.40. The Morgan fingerprint density at radius 3 is 1.37 bits per heavy atom. The lowest BCUT2D eigenvalue weighted by atomic mass is 10.00. The molecule has 0 aliphatic carbocycles. The van der Waals surface area contributed by atoms with Gasteiger partial charge < -0.3 is 9.13 Å². The van der Waals surface area contributed by atoms with Gasteiger partial charge in [-0.2, -0.15) is 0 Å². The average molecular weight is 688 g/mol. The molecule has 11 rings (SSSR count). The Kier molecular flexibility index (Phi) is 6.86. The minimum atomic E-state index is 1.000. The fraction of sp³-hybridized carbons (Fsp3) is 0. The molecule has 8 aromatic carbocycles. The van der Waals surface area contributed by atoms with Crippen LogP contribution in [-0.2, 0) is 0 Å². The predicted octanol–water partition coefficient (Wildman–Crippen LogP) is 13.4. The molecule has 54 heavy (non-hydrogen) atoms. The summed E-state index contributed by atoms with van der Waals surface area (Å²) in [6.45, 7) is 0. The van der Waals surface area contributed by atoms with Gasteiger partial charge in [-0.15, -0.1) is 0 Å². The SMILES string of the molecule is c1ccc(-c2ccc(-n3c4ccccc4c4cc(-c5ccc6c(c5)c5c7ccccc7ncc5n6-c5ccc(-c6ccccc6)cc5)ccc43)cc2)cc1. The molecule has 0 radical (unpaired) electrons. The van der Waals surface area contributed by atoms with Crippen LogP contribution < -0.4 is 0 Å². The normalized spacial score (nSPS) is 11.7. The van der Waals surface area contributed by atoms with Crippen molar-refractivity contribution in [3.8, 4) is 44.8 Å². The summed E-state index contributed by atoms with van der Waals surface area (Å²) in [5, 5.41) is 6.09. The van der Waals surface area contributed by atoms with Gasteiger partial charge in [-0.3, -0.25) is 4.98 Å². The van der Waals surface area contributed by atoms with Crippen molar-refractivity contribution < 1.29 is 0 Å². The fourth-order valence-electron chi connectivity index (χ4n) is 8.40. The molecule has 0 saturated carbocycles. The first-order valence-corrected chi connectivity index (χ1v) is 18.5. The molecule has 0 amide bonds. The highest BCUT2D eigenvalue weighted by Gasteiger charge is 2.18. The van der Waals surface area contributed by atoms with Crippen LogP contribution in [-0.4, -0.2) is 14.1 Å². The zero-order valence-electron chi connectivity index (χ0n) is 29.4. The molecule has 3 heteroatoms. The molecular formula is C51H33N3. The monoisotopic (exact) mass is 687 g/mol. The number of aromatic nitrogens is 3. The fourth-order valence-corrected chi connectivity index (χ4v) is 8.40. The third kappa shape index (κ3) is 4.79. The molecular weight excluding hydrogens is 655 g/mol. The maximum atomic E-state index is 4.92. The summed E-state index contributed by atoms with van der Waals surface area (Å²) < 4.78 is 4.75. The smallest absolute Gasteiger partial charge is 0.0730 e. The van der Waals surface area contributed by atoms with Crippen LogP contribution >= 0.6 is 0 Å². The van der Waals surface area contributed by atoms with Crippen molar-refractivity contribution in [3.05, 3.63) is 200 Å². The van der Waals surface area contributed by atoms with Crippen LogP contribution in [0.4, 0.5) is 0 Å². The van der Waals surface area contributed by atoms with Crippen LogP contribution in [0.15, 0.2) is 200 Å². The van der Waals surface area contributed by atoms with Crippen LogP contribution in [0, 0.1) is 0 Å². The Morgan fingerprint density at radius 1 is 0.296 bits per heavy atom. The Hall–Kier alpha value is -7.23. The quantitative estimate of drug-likeness (QED) is 0.177. The summed E-state index contributed by atoms with van der Waals surface area (Å²) in [6, 6.07) is 70.0. The molecule has 3 aromatic heterocycles. The number of rotatable bonds is 5. The van der Waals surface area contributed by atoms with Crippen LogP contribution in [0.2, 0.25) is 0 Å². The van der Waals surface area contributed by atoms with Gasteiger partial charge in [-0.25, -0.2) is 0 Å². The van der Waals surface area contributed by atoms with E-state index in [1.54, 1.807) is 0 Å². The van der Waals surface area contributed by atoms with E-state index in [2.05, 4.69) is 203 Å². The van der Waals surface area contributed by atoms with Gasteiger partial charge in [0.05, 0.1) is 33.8 Å². The van der Waals surface area contributed by atoms with E-state index >= 15 is 0 Å². The van der Waals surface area contributed by atoms with Gasteiger partial charge >= 0.3 is 0 Å². The van der Waals surface area contributed by atoms with Crippen molar-refractivity contribution in [2.24, 2.45) is 0 Å². The highest BCUT2D eigenvalue weighted by atomic mass is 15.0. The molecule has 0 atom stereocenters. The lowest BCUT2D eigenvalue weighted by Crippen LogP contribution is -1.94. The van der Waals surface area contributed by atoms with Crippen LogP contribution in [0.1, 0.15) is 0 Å². The highest BCUT2D eigenvalue weighted by molar-refractivity contribution is 6.21. The molecule has 252 valence electrons. The van der Waals surface area contributed by atoms with E-state index in [0.29, 0.717) is 0 Å². The van der Waals surface area contributed by atoms with Gasteiger partial charge in [-0.05, 0) is 94.0 Å². The number of pyridine rings is 1. The zero-order valence-corrected chi connectivity index (χ0v) is 29.4. The van der Waals surface area contributed by atoms with E-state index in [0.717, 1.165) is 33.3 Å². The second-order valence-corrected chi connectivity index (χ2v) is 14.0. The van der Waals surface area contributed by atoms with Gasteiger partial charge in [0.25, 0.3) is 0 Å². The topological polar surface area (TPSA) is 22.8 Å². The van der Waals surface area contributed by atoms with Crippen LogP contribution in [0.3, 0.4) is 0 Å². The molecule has 0 aliphatic rings. The van der Waals surface area contributed by atoms with Gasteiger partial charge in [-0.1, -0.05) is 133 Å². The van der Waals surface area contributed by atoms with Gasteiger partial charge in [0.1, 0.15) is 0 Å². The van der Waals surface area contributed by atoms with E-state index in [9.17, 15) is 0 Å². The Bertz CT molecular complexity index is 3170. The third-order valence-electron chi connectivity index (χ3n) is 11.0. The number of hydrogen-bond acceptors (Lipinski definition) is 1.